The van der Waals surface area contributed by atoms with Gasteiger partial charge in [-0.05, 0) is 19.5 Å². The van der Waals surface area contributed by atoms with E-state index in [-0.39, 0.29) is 5.91 Å². The van der Waals surface area contributed by atoms with Crippen molar-refractivity contribution in [1.82, 2.24) is 14.8 Å². The lowest BCUT2D eigenvalue weighted by Gasteiger charge is -2.32. The molecule has 0 unspecified atom stereocenters. The first-order valence-corrected chi connectivity index (χ1v) is 6.88. The minimum absolute atomic E-state index is 0.0832. The SMILES string of the molecule is CCCNc1ccncc1C(=O)N1CCN(C)CC1. The summed E-state index contributed by atoms with van der Waals surface area (Å²) in [6, 6.07) is 1.87. The number of nitrogens with zero attached hydrogens (tertiary/aromatic N) is 3. The first-order valence-electron chi connectivity index (χ1n) is 6.88. The van der Waals surface area contributed by atoms with Crippen molar-refractivity contribution in [2.75, 3.05) is 45.1 Å². The van der Waals surface area contributed by atoms with E-state index in [2.05, 4.69) is 29.2 Å². The molecule has 0 spiro atoms. The van der Waals surface area contributed by atoms with E-state index < -0.39 is 0 Å². The molecule has 5 heteroatoms. The predicted octanol–water partition coefficient (Wildman–Crippen LogP) is 1.29. The Morgan fingerprint density at radius 1 is 1.37 bits per heavy atom. The summed E-state index contributed by atoms with van der Waals surface area (Å²) in [6.45, 7) is 6.42. The van der Waals surface area contributed by atoms with Gasteiger partial charge in [0.15, 0.2) is 0 Å². The zero-order chi connectivity index (χ0) is 13.7. The number of hydrogen-bond acceptors (Lipinski definition) is 4. The minimum Gasteiger partial charge on any atom is -0.384 e. The number of carbonyl (C=O) groups excluding carboxylic acids is 1. The van der Waals surface area contributed by atoms with Crippen molar-refractivity contribution >= 4 is 11.6 Å². The molecule has 1 saturated heterocycles. The Hall–Kier alpha value is -1.62. The molecule has 5 nitrogen and oxygen atoms in total. The van der Waals surface area contributed by atoms with E-state index in [0.717, 1.165) is 44.8 Å². The van der Waals surface area contributed by atoms with Gasteiger partial charge in [-0.1, -0.05) is 6.92 Å². The van der Waals surface area contributed by atoms with E-state index in [1.54, 1.807) is 12.4 Å². The van der Waals surface area contributed by atoms with Crippen LogP contribution in [0.15, 0.2) is 18.5 Å². The highest BCUT2D eigenvalue weighted by atomic mass is 16.2. The number of rotatable bonds is 4. The molecular weight excluding hydrogens is 240 g/mol. The van der Waals surface area contributed by atoms with Gasteiger partial charge in [-0.3, -0.25) is 9.78 Å². The first-order chi connectivity index (χ1) is 9.22. The van der Waals surface area contributed by atoms with Gasteiger partial charge in [-0.15, -0.1) is 0 Å². The Bertz CT molecular complexity index is 427. The highest BCUT2D eigenvalue weighted by molar-refractivity contribution is 5.99. The lowest BCUT2D eigenvalue weighted by Crippen LogP contribution is -2.47. The van der Waals surface area contributed by atoms with Crippen molar-refractivity contribution < 1.29 is 4.79 Å². The molecule has 0 atom stereocenters. The van der Waals surface area contributed by atoms with Gasteiger partial charge in [0.05, 0.1) is 11.3 Å². The standard InChI is InChI=1S/C14H22N4O/c1-3-5-16-13-4-6-15-11-12(13)14(19)18-9-7-17(2)8-10-18/h4,6,11H,3,5,7-10H2,1-2H3,(H,15,16). The summed E-state index contributed by atoms with van der Waals surface area (Å²) in [5.74, 6) is 0.0832. The largest absolute Gasteiger partial charge is 0.384 e. The van der Waals surface area contributed by atoms with Gasteiger partial charge in [-0.25, -0.2) is 0 Å². The fraction of sp³-hybridized carbons (Fsp3) is 0.571. The summed E-state index contributed by atoms with van der Waals surface area (Å²) in [7, 11) is 2.08. The number of anilines is 1. The molecule has 1 N–H and O–H groups in total. The lowest BCUT2D eigenvalue weighted by atomic mass is 10.2. The molecule has 0 aromatic carbocycles. The van der Waals surface area contributed by atoms with Gasteiger partial charge >= 0.3 is 0 Å². The average Bonchev–Trinajstić information content (AvgIpc) is 2.45. The van der Waals surface area contributed by atoms with E-state index in [4.69, 9.17) is 0 Å². The van der Waals surface area contributed by atoms with Crippen LogP contribution >= 0.6 is 0 Å². The highest BCUT2D eigenvalue weighted by Crippen LogP contribution is 2.17. The molecule has 1 aromatic rings. The van der Waals surface area contributed by atoms with Crippen LogP contribution in [0.5, 0.6) is 0 Å². The fourth-order valence-electron chi connectivity index (χ4n) is 2.16. The summed E-state index contributed by atoms with van der Waals surface area (Å²) >= 11 is 0. The number of amides is 1. The summed E-state index contributed by atoms with van der Waals surface area (Å²) in [5, 5.41) is 3.29. The number of carbonyl (C=O) groups is 1. The minimum atomic E-state index is 0.0832. The Morgan fingerprint density at radius 2 is 2.11 bits per heavy atom. The molecule has 1 aliphatic rings. The van der Waals surface area contributed by atoms with Crippen LogP contribution in [-0.4, -0.2) is 60.5 Å². The number of likely N-dealkylation sites (N-methyl/N-ethyl adjacent to an activating group) is 1. The number of hydrogen-bond donors (Lipinski definition) is 1. The molecule has 0 saturated carbocycles. The van der Waals surface area contributed by atoms with E-state index in [1.807, 2.05) is 11.0 Å². The summed E-state index contributed by atoms with van der Waals surface area (Å²) in [5.41, 5.74) is 1.57. The van der Waals surface area contributed by atoms with Gasteiger partial charge in [0, 0.05) is 45.1 Å². The smallest absolute Gasteiger partial charge is 0.257 e. The van der Waals surface area contributed by atoms with Crippen LogP contribution in [0.2, 0.25) is 0 Å². The Kier molecular flexibility index (Phi) is 4.74. The van der Waals surface area contributed by atoms with Crippen LogP contribution in [0.1, 0.15) is 23.7 Å². The predicted molar refractivity (Wildman–Crippen MR) is 76.4 cm³/mol. The van der Waals surface area contributed by atoms with Crippen molar-refractivity contribution in [3.8, 4) is 0 Å². The van der Waals surface area contributed by atoms with Crippen molar-refractivity contribution in [2.45, 2.75) is 13.3 Å². The van der Waals surface area contributed by atoms with Crippen molar-refractivity contribution in [3.63, 3.8) is 0 Å². The third kappa shape index (κ3) is 3.44. The molecule has 0 radical (unpaired) electrons. The number of pyridine rings is 1. The maximum absolute atomic E-state index is 12.5. The Balaban J connectivity index is 2.09. The monoisotopic (exact) mass is 262 g/mol. The lowest BCUT2D eigenvalue weighted by molar-refractivity contribution is 0.0664. The Labute approximate surface area is 114 Å². The second-order valence-corrected chi connectivity index (χ2v) is 4.94. The molecule has 2 rings (SSSR count). The average molecular weight is 262 g/mol. The van der Waals surface area contributed by atoms with E-state index in [9.17, 15) is 4.79 Å². The molecule has 1 fully saturated rings. The highest BCUT2D eigenvalue weighted by Gasteiger charge is 2.22. The van der Waals surface area contributed by atoms with Crippen LogP contribution in [0, 0.1) is 0 Å². The molecule has 104 valence electrons. The molecule has 0 bridgehead atoms. The Morgan fingerprint density at radius 3 is 2.79 bits per heavy atom. The maximum atomic E-state index is 12.5. The molecular formula is C14H22N4O. The van der Waals surface area contributed by atoms with Crippen LogP contribution in [0.3, 0.4) is 0 Å². The van der Waals surface area contributed by atoms with Crippen LogP contribution in [-0.2, 0) is 0 Å². The van der Waals surface area contributed by atoms with Crippen LogP contribution in [0.4, 0.5) is 5.69 Å². The molecule has 1 aliphatic heterocycles. The summed E-state index contributed by atoms with van der Waals surface area (Å²) in [6.07, 6.45) is 4.42. The van der Waals surface area contributed by atoms with E-state index in [1.165, 1.54) is 0 Å². The zero-order valence-electron chi connectivity index (χ0n) is 11.7. The fourth-order valence-corrected chi connectivity index (χ4v) is 2.16. The second kappa shape index (κ2) is 6.52. The summed E-state index contributed by atoms with van der Waals surface area (Å²) in [4.78, 5) is 20.8. The number of piperazine rings is 1. The van der Waals surface area contributed by atoms with Crippen LogP contribution < -0.4 is 5.32 Å². The topological polar surface area (TPSA) is 48.5 Å². The molecule has 0 aliphatic carbocycles. The van der Waals surface area contributed by atoms with Gasteiger partial charge in [0.1, 0.15) is 0 Å². The quantitative estimate of drug-likeness (QED) is 0.888. The summed E-state index contributed by atoms with van der Waals surface area (Å²) < 4.78 is 0. The van der Waals surface area contributed by atoms with Gasteiger partial charge in [0.25, 0.3) is 5.91 Å². The number of aromatic nitrogens is 1. The third-order valence-electron chi connectivity index (χ3n) is 3.41. The molecule has 2 heterocycles. The first kappa shape index (κ1) is 13.8. The van der Waals surface area contributed by atoms with Crippen LogP contribution in [0.25, 0.3) is 0 Å². The van der Waals surface area contributed by atoms with E-state index in [0.29, 0.717) is 5.56 Å². The maximum Gasteiger partial charge on any atom is 0.257 e. The van der Waals surface area contributed by atoms with Crippen molar-refractivity contribution in [2.24, 2.45) is 0 Å². The number of nitrogens with one attached hydrogen (secondary N) is 1. The van der Waals surface area contributed by atoms with Gasteiger partial charge < -0.3 is 15.1 Å². The van der Waals surface area contributed by atoms with Crippen molar-refractivity contribution in [1.29, 1.82) is 0 Å². The van der Waals surface area contributed by atoms with E-state index >= 15 is 0 Å². The normalized spacial score (nSPS) is 16.4. The zero-order valence-corrected chi connectivity index (χ0v) is 11.7. The third-order valence-corrected chi connectivity index (χ3v) is 3.41. The molecule has 1 amide bonds. The second-order valence-electron chi connectivity index (χ2n) is 4.94. The van der Waals surface area contributed by atoms with Gasteiger partial charge in [0.2, 0.25) is 0 Å². The van der Waals surface area contributed by atoms with Gasteiger partial charge in [-0.2, -0.15) is 0 Å². The molecule has 19 heavy (non-hydrogen) atoms. The molecule has 1 aromatic heterocycles. The van der Waals surface area contributed by atoms with Crippen molar-refractivity contribution in [3.05, 3.63) is 24.0 Å².